The van der Waals surface area contributed by atoms with E-state index < -0.39 is 15.9 Å². The third-order valence-electron chi connectivity index (χ3n) is 4.43. The van der Waals surface area contributed by atoms with Crippen molar-refractivity contribution in [1.82, 2.24) is 14.9 Å². The molecule has 0 aliphatic carbocycles. The van der Waals surface area contributed by atoms with E-state index in [1.807, 2.05) is 13.8 Å². The van der Waals surface area contributed by atoms with E-state index in [9.17, 15) is 18.0 Å². The minimum absolute atomic E-state index is 0.203. The fourth-order valence-electron chi connectivity index (χ4n) is 3.10. The smallest absolute Gasteiger partial charge is 0.251 e. The van der Waals surface area contributed by atoms with E-state index in [0.717, 1.165) is 6.26 Å². The van der Waals surface area contributed by atoms with Crippen LogP contribution in [-0.4, -0.2) is 69.7 Å². The van der Waals surface area contributed by atoms with Crippen molar-refractivity contribution >= 4 is 21.8 Å². The molecule has 2 N–H and O–H groups in total. The van der Waals surface area contributed by atoms with Gasteiger partial charge in [-0.15, -0.1) is 0 Å². The average molecular weight is 428 g/mol. The number of carbonyl (C=O) groups excluding carboxylic acids is 2. The Morgan fingerprint density at radius 2 is 1.86 bits per heavy atom. The van der Waals surface area contributed by atoms with Gasteiger partial charge in [0.05, 0.1) is 26.0 Å². The first kappa shape index (κ1) is 23.0. The van der Waals surface area contributed by atoms with Crippen molar-refractivity contribution in [2.24, 2.45) is 0 Å². The van der Waals surface area contributed by atoms with Crippen molar-refractivity contribution in [3.8, 4) is 11.5 Å². The van der Waals surface area contributed by atoms with Gasteiger partial charge in [-0.25, -0.2) is 12.7 Å². The molecule has 1 unspecified atom stereocenters. The van der Waals surface area contributed by atoms with Crippen LogP contribution >= 0.6 is 0 Å². The van der Waals surface area contributed by atoms with Crippen molar-refractivity contribution < 1.29 is 27.5 Å². The summed E-state index contributed by atoms with van der Waals surface area (Å²) in [4.78, 5) is 24.5. The quantitative estimate of drug-likeness (QED) is 0.601. The molecular formula is C19H29N3O6S. The van der Waals surface area contributed by atoms with Crippen molar-refractivity contribution in [1.29, 1.82) is 0 Å². The summed E-state index contributed by atoms with van der Waals surface area (Å²) in [5.74, 6) is 0.242. The zero-order valence-electron chi connectivity index (χ0n) is 17.1. The van der Waals surface area contributed by atoms with E-state index in [-0.39, 0.29) is 25.0 Å². The van der Waals surface area contributed by atoms with E-state index in [4.69, 9.17) is 9.47 Å². The number of rotatable bonds is 9. The number of nitrogens with zero attached hydrogens (tertiary/aromatic N) is 1. The van der Waals surface area contributed by atoms with Gasteiger partial charge in [0.25, 0.3) is 5.91 Å². The molecule has 1 fully saturated rings. The topological polar surface area (TPSA) is 114 Å². The molecule has 0 saturated carbocycles. The monoisotopic (exact) mass is 427 g/mol. The number of benzene rings is 1. The van der Waals surface area contributed by atoms with Gasteiger partial charge in [0.2, 0.25) is 15.9 Å². The molecule has 29 heavy (non-hydrogen) atoms. The second-order valence-electron chi connectivity index (χ2n) is 6.74. The summed E-state index contributed by atoms with van der Waals surface area (Å²) in [6.07, 6.45) is 2.53. The standard InChI is InChI=1S/C19H29N3O6S/c1-4-27-16-9-8-14(11-17(16)28-5-2)19(24)20-12-18(23)21-15-7-6-10-22(13-15)29(3,25)26/h8-9,11,15H,4-7,10,12-13H2,1-3H3,(H,20,24)(H,21,23). The molecule has 1 atom stereocenters. The average Bonchev–Trinajstić information content (AvgIpc) is 2.67. The van der Waals surface area contributed by atoms with Gasteiger partial charge in [-0.2, -0.15) is 0 Å². The zero-order valence-corrected chi connectivity index (χ0v) is 17.9. The van der Waals surface area contributed by atoms with E-state index >= 15 is 0 Å². The van der Waals surface area contributed by atoms with Crippen LogP contribution in [0.15, 0.2) is 18.2 Å². The lowest BCUT2D eigenvalue weighted by molar-refractivity contribution is -0.121. The lowest BCUT2D eigenvalue weighted by Crippen LogP contribution is -2.51. The zero-order chi connectivity index (χ0) is 21.4. The van der Waals surface area contributed by atoms with E-state index in [0.29, 0.717) is 49.7 Å². The Labute approximate surface area is 171 Å². The third kappa shape index (κ3) is 6.90. The van der Waals surface area contributed by atoms with E-state index in [1.165, 1.54) is 4.31 Å². The molecule has 10 heteroatoms. The van der Waals surface area contributed by atoms with Gasteiger partial charge < -0.3 is 20.1 Å². The number of ether oxygens (including phenoxy) is 2. The van der Waals surface area contributed by atoms with Crippen LogP contribution in [0, 0.1) is 0 Å². The Morgan fingerprint density at radius 3 is 2.52 bits per heavy atom. The molecule has 0 aromatic heterocycles. The lowest BCUT2D eigenvalue weighted by Gasteiger charge is -2.31. The maximum absolute atomic E-state index is 12.4. The highest BCUT2D eigenvalue weighted by Crippen LogP contribution is 2.28. The first-order valence-electron chi connectivity index (χ1n) is 9.66. The number of nitrogens with one attached hydrogen (secondary N) is 2. The summed E-state index contributed by atoms with van der Waals surface area (Å²) in [5.41, 5.74) is 0.352. The van der Waals surface area contributed by atoms with Crippen molar-refractivity contribution in [3.63, 3.8) is 0 Å². The summed E-state index contributed by atoms with van der Waals surface area (Å²) in [7, 11) is -3.28. The van der Waals surface area contributed by atoms with Gasteiger partial charge >= 0.3 is 0 Å². The van der Waals surface area contributed by atoms with Crippen LogP contribution in [-0.2, 0) is 14.8 Å². The second-order valence-corrected chi connectivity index (χ2v) is 8.72. The van der Waals surface area contributed by atoms with Crippen LogP contribution in [0.1, 0.15) is 37.0 Å². The van der Waals surface area contributed by atoms with Crippen LogP contribution in [0.25, 0.3) is 0 Å². The number of sulfonamides is 1. The maximum Gasteiger partial charge on any atom is 0.251 e. The van der Waals surface area contributed by atoms with Gasteiger partial charge in [0, 0.05) is 24.7 Å². The third-order valence-corrected chi connectivity index (χ3v) is 5.70. The fraction of sp³-hybridized carbons (Fsp3) is 0.579. The summed E-state index contributed by atoms with van der Waals surface area (Å²) in [5, 5.41) is 5.35. The Hall–Kier alpha value is -2.33. The highest BCUT2D eigenvalue weighted by Gasteiger charge is 2.26. The Balaban J connectivity index is 1.90. The van der Waals surface area contributed by atoms with Crippen LogP contribution in [0.5, 0.6) is 11.5 Å². The molecule has 1 aromatic carbocycles. The fourth-order valence-corrected chi connectivity index (χ4v) is 4.01. The number of carbonyl (C=O) groups is 2. The molecule has 1 aromatic rings. The molecule has 0 spiro atoms. The van der Waals surface area contributed by atoms with Gasteiger partial charge in [-0.05, 0) is 44.9 Å². The summed E-state index contributed by atoms with van der Waals surface area (Å²) < 4.78 is 35.7. The molecular weight excluding hydrogens is 398 g/mol. The molecule has 162 valence electrons. The van der Waals surface area contributed by atoms with Crippen LogP contribution in [0.4, 0.5) is 0 Å². The molecule has 2 amide bonds. The first-order chi connectivity index (χ1) is 13.7. The van der Waals surface area contributed by atoms with Crippen LogP contribution in [0.3, 0.4) is 0 Å². The minimum atomic E-state index is -3.28. The molecule has 1 heterocycles. The van der Waals surface area contributed by atoms with Gasteiger partial charge in [0.1, 0.15) is 0 Å². The van der Waals surface area contributed by atoms with Gasteiger partial charge in [-0.3, -0.25) is 9.59 Å². The lowest BCUT2D eigenvalue weighted by atomic mass is 10.1. The summed E-state index contributed by atoms with van der Waals surface area (Å²) in [6, 6.07) is 4.57. The van der Waals surface area contributed by atoms with Crippen molar-refractivity contribution in [2.75, 3.05) is 39.1 Å². The summed E-state index contributed by atoms with van der Waals surface area (Å²) >= 11 is 0. The largest absolute Gasteiger partial charge is 0.490 e. The van der Waals surface area contributed by atoms with Crippen molar-refractivity contribution in [2.45, 2.75) is 32.7 Å². The highest BCUT2D eigenvalue weighted by atomic mass is 32.2. The normalized spacial score (nSPS) is 17.4. The van der Waals surface area contributed by atoms with E-state index in [1.54, 1.807) is 18.2 Å². The highest BCUT2D eigenvalue weighted by molar-refractivity contribution is 7.88. The Bertz CT molecular complexity index is 827. The Morgan fingerprint density at radius 1 is 1.17 bits per heavy atom. The molecule has 0 bridgehead atoms. The second kappa shape index (κ2) is 10.4. The molecule has 2 rings (SSSR count). The van der Waals surface area contributed by atoms with Crippen LogP contribution in [0.2, 0.25) is 0 Å². The SMILES string of the molecule is CCOc1ccc(C(=O)NCC(=O)NC2CCCN(S(C)(=O)=O)C2)cc1OCC. The number of hydrogen-bond acceptors (Lipinski definition) is 6. The van der Waals surface area contributed by atoms with Gasteiger partial charge in [-0.1, -0.05) is 0 Å². The minimum Gasteiger partial charge on any atom is -0.490 e. The van der Waals surface area contributed by atoms with E-state index in [2.05, 4.69) is 10.6 Å². The van der Waals surface area contributed by atoms with Crippen molar-refractivity contribution in [3.05, 3.63) is 23.8 Å². The van der Waals surface area contributed by atoms with Gasteiger partial charge in [0.15, 0.2) is 11.5 Å². The molecule has 1 aliphatic rings. The Kier molecular flexibility index (Phi) is 8.27. The summed E-state index contributed by atoms with van der Waals surface area (Å²) in [6.45, 7) is 5.10. The first-order valence-corrected chi connectivity index (χ1v) is 11.5. The maximum atomic E-state index is 12.4. The molecule has 9 nitrogen and oxygen atoms in total. The predicted octanol–water partition coefficient (Wildman–Crippen LogP) is 0.754. The number of piperidine rings is 1. The molecule has 1 saturated heterocycles. The molecule has 1 aliphatic heterocycles. The number of amides is 2. The molecule has 0 radical (unpaired) electrons. The van der Waals surface area contributed by atoms with Crippen LogP contribution < -0.4 is 20.1 Å². The number of hydrogen-bond donors (Lipinski definition) is 2. The predicted molar refractivity (Wildman–Crippen MR) is 109 cm³/mol.